The molecule has 1 saturated carbocycles. The molecule has 4 N–H and O–H groups in total. The lowest BCUT2D eigenvalue weighted by Crippen LogP contribution is -2.69. The average Bonchev–Trinajstić information content (AvgIpc) is 3.26. The molecule has 1 aromatic carbocycles. The molecule has 1 aliphatic carbocycles. The lowest BCUT2D eigenvalue weighted by Gasteiger charge is -2.41. The third-order valence-electron chi connectivity index (χ3n) is 7.00. The predicted octanol–water partition coefficient (Wildman–Crippen LogP) is 0.193. The second-order valence-corrected chi connectivity index (χ2v) is 10.2. The minimum Gasteiger partial charge on any atom is -0.376 e. The molecule has 10 nitrogen and oxygen atoms in total. The molecule has 6 rings (SSSR count). The number of amides is 1. The summed E-state index contributed by atoms with van der Waals surface area (Å²) in [5, 5.41) is 3.38. The maximum atomic E-state index is 12.8. The zero-order valence-electron chi connectivity index (χ0n) is 18.8. The summed E-state index contributed by atoms with van der Waals surface area (Å²) >= 11 is 1.39. The monoisotopic (exact) mass is 493 g/mol. The second kappa shape index (κ2) is 8.45. The van der Waals surface area contributed by atoms with Gasteiger partial charge in [-0.2, -0.15) is 0 Å². The van der Waals surface area contributed by atoms with Crippen LogP contribution >= 0.6 is 11.3 Å². The maximum absolute atomic E-state index is 12.8. The molecule has 0 radical (unpaired) electrons. The van der Waals surface area contributed by atoms with Gasteiger partial charge in [-0.25, -0.2) is 4.98 Å². The van der Waals surface area contributed by atoms with Crippen LogP contribution in [-0.4, -0.2) is 57.6 Å². The van der Waals surface area contributed by atoms with E-state index in [-0.39, 0.29) is 17.9 Å². The van der Waals surface area contributed by atoms with Gasteiger partial charge in [-0.3, -0.25) is 24.1 Å². The zero-order chi connectivity index (χ0) is 24.3. The number of nitrogens with one attached hydrogen (secondary N) is 2. The van der Waals surface area contributed by atoms with Crippen LogP contribution in [0.2, 0.25) is 0 Å². The van der Waals surface area contributed by atoms with E-state index in [1.54, 1.807) is 0 Å². The SMILES string of the molecule is NC1C(=O)C(=O)C1N1CCc2ccc(CNC(=O)c3nc4sc5c(c4c(=O)[nH]3)CCOC5)cc2C1. The first-order chi connectivity index (χ1) is 16.9. The molecular weight excluding hydrogens is 470 g/mol. The first-order valence-electron chi connectivity index (χ1n) is 11.5. The van der Waals surface area contributed by atoms with Crippen LogP contribution in [0, 0.1) is 0 Å². The van der Waals surface area contributed by atoms with Gasteiger partial charge in [0.1, 0.15) is 4.83 Å². The van der Waals surface area contributed by atoms with Gasteiger partial charge >= 0.3 is 0 Å². The van der Waals surface area contributed by atoms with Crippen LogP contribution in [0.3, 0.4) is 0 Å². The Morgan fingerprint density at radius 3 is 2.91 bits per heavy atom. The number of nitrogens with zero attached hydrogens (tertiary/aromatic N) is 2. The highest BCUT2D eigenvalue weighted by atomic mass is 32.1. The molecule has 11 heteroatoms. The van der Waals surface area contributed by atoms with Gasteiger partial charge in [0, 0.05) is 24.5 Å². The molecule has 1 fully saturated rings. The lowest BCUT2D eigenvalue weighted by molar-refractivity contribution is -0.150. The van der Waals surface area contributed by atoms with Crippen molar-refractivity contribution in [2.24, 2.45) is 5.73 Å². The van der Waals surface area contributed by atoms with Crippen LogP contribution < -0.4 is 16.6 Å². The number of Topliss-reactive ketones (excluding diaryl/α,β-unsaturated/α-hetero) is 2. The fourth-order valence-electron chi connectivity index (χ4n) is 5.10. The van der Waals surface area contributed by atoms with Crippen molar-refractivity contribution in [3.63, 3.8) is 0 Å². The van der Waals surface area contributed by atoms with E-state index in [2.05, 4.69) is 15.3 Å². The zero-order valence-corrected chi connectivity index (χ0v) is 19.6. The number of rotatable bonds is 4. The van der Waals surface area contributed by atoms with Gasteiger partial charge in [0.15, 0.2) is 0 Å². The summed E-state index contributed by atoms with van der Waals surface area (Å²) in [5.41, 5.74) is 9.60. The number of fused-ring (bicyclic) bond motifs is 4. The molecule has 2 unspecified atom stereocenters. The Morgan fingerprint density at radius 2 is 2.09 bits per heavy atom. The van der Waals surface area contributed by atoms with E-state index in [4.69, 9.17) is 10.5 Å². The number of H-pyrrole nitrogens is 1. The number of aromatic nitrogens is 2. The number of ether oxygens (including phenoxy) is 1. The predicted molar refractivity (Wildman–Crippen MR) is 127 cm³/mol. The molecule has 180 valence electrons. The van der Waals surface area contributed by atoms with Crippen LogP contribution in [0.5, 0.6) is 0 Å². The van der Waals surface area contributed by atoms with Crippen molar-refractivity contribution in [3.8, 4) is 0 Å². The number of ketones is 2. The number of thiophene rings is 1. The lowest BCUT2D eigenvalue weighted by atomic mass is 9.81. The fraction of sp³-hybridized carbons (Fsp3) is 0.375. The van der Waals surface area contributed by atoms with E-state index >= 15 is 0 Å². The minimum absolute atomic E-state index is 0.0201. The summed E-state index contributed by atoms with van der Waals surface area (Å²) < 4.78 is 5.46. The summed E-state index contributed by atoms with van der Waals surface area (Å²) in [7, 11) is 0. The minimum atomic E-state index is -0.750. The maximum Gasteiger partial charge on any atom is 0.287 e. The van der Waals surface area contributed by atoms with Crippen LogP contribution in [0.1, 0.15) is 37.7 Å². The topological polar surface area (TPSA) is 147 Å². The van der Waals surface area contributed by atoms with Gasteiger partial charge in [0.2, 0.25) is 17.4 Å². The van der Waals surface area contributed by atoms with Gasteiger partial charge < -0.3 is 20.8 Å². The largest absolute Gasteiger partial charge is 0.376 e. The molecular formula is C24H23N5O5S. The van der Waals surface area contributed by atoms with Crippen molar-refractivity contribution < 1.29 is 19.1 Å². The van der Waals surface area contributed by atoms with E-state index in [0.29, 0.717) is 42.9 Å². The highest BCUT2D eigenvalue weighted by Crippen LogP contribution is 2.31. The van der Waals surface area contributed by atoms with Crippen molar-refractivity contribution in [1.82, 2.24) is 20.2 Å². The van der Waals surface area contributed by atoms with Crippen LogP contribution in [0.25, 0.3) is 10.2 Å². The number of nitrogens with two attached hydrogens (primary N) is 1. The third kappa shape index (κ3) is 3.71. The number of hydrogen-bond donors (Lipinski definition) is 3. The second-order valence-electron chi connectivity index (χ2n) is 9.11. The number of aromatic amines is 1. The summed E-state index contributed by atoms with van der Waals surface area (Å²) in [6.45, 7) is 2.47. The van der Waals surface area contributed by atoms with Crippen LogP contribution in [0.4, 0.5) is 0 Å². The highest BCUT2D eigenvalue weighted by molar-refractivity contribution is 7.18. The van der Waals surface area contributed by atoms with Crippen molar-refractivity contribution >= 4 is 39.0 Å². The molecule has 0 spiro atoms. The molecule has 3 aliphatic rings. The molecule has 0 bridgehead atoms. The first-order valence-corrected chi connectivity index (χ1v) is 12.3. The Morgan fingerprint density at radius 1 is 1.23 bits per heavy atom. The summed E-state index contributed by atoms with van der Waals surface area (Å²) in [6.07, 6.45) is 1.42. The highest BCUT2D eigenvalue weighted by Gasteiger charge is 2.50. The molecule has 4 heterocycles. The number of benzene rings is 1. The van der Waals surface area contributed by atoms with Gasteiger partial charge in [0.05, 0.1) is 30.7 Å². The first kappa shape index (κ1) is 22.2. The Kier molecular flexibility index (Phi) is 5.37. The van der Waals surface area contributed by atoms with Crippen molar-refractivity contribution in [1.29, 1.82) is 0 Å². The molecule has 2 aliphatic heterocycles. The Balaban J connectivity index is 1.16. The van der Waals surface area contributed by atoms with E-state index in [1.165, 1.54) is 16.9 Å². The summed E-state index contributed by atoms with van der Waals surface area (Å²) in [5.74, 6) is -1.40. The molecule has 3 aromatic rings. The summed E-state index contributed by atoms with van der Waals surface area (Å²) in [6, 6.07) is 4.66. The van der Waals surface area contributed by atoms with Crippen molar-refractivity contribution in [2.45, 2.75) is 44.6 Å². The Labute approximate surface area is 203 Å². The standard InChI is InChI=1S/C24H23N5O5S/c25-17-18(20(31)19(17)30)29-5-3-12-2-1-11(7-13(12)9-29)8-26-23(33)21-27-22(32)16-14-4-6-34-10-15(14)35-24(16)28-21/h1-2,7,17-18H,3-6,8-10,25H2,(H,26,33)(H,27,28,32). The smallest absolute Gasteiger partial charge is 0.287 e. The van der Waals surface area contributed by atoms with Crippen molar-refractivity contribution in [2.75, 3.05) is 13.2 Å². The Hall–Kier alpha value is -3.25. The van der Waals surface area contributed by atoms with Crippen molar-refractivity contribution in [3.05, 3.63) is 61.5 Å². The van der Waals surface area contributed by atoms with Gasteiger partial charge in [-0.15, -0.1) is 11.3 Å². The molecule has 0 saturated heterocycles. The summed E-state index contributed by atoms with van der Waals surface area (Å²) in [4.78, 5) is 59.5. The number of hydrogen-bond acceptors (Lipinski definition) is 9. The Bertz CT molecular complexity index is 1460. The number of carbonyl (C=O) groups excluding carboxylic acids is 3. The third-order valence-corrected chi connectivity index (χ3v) is 8.10. The van der Waals surface area contributed by atoms with Gasteiger partial charge in [-0.1, -0.05) is 18.2 Å². The average molecular weight is 494 g/mol. The van der Waals surface area contributed by atoms with Crippen LogP contribution in [-0.2, 0) is 46.9 Å². The van der Waals surface area contributed by atoms with E-state index in [1.807, 2.05) is 23.1 Å². The van der Waals surface area contributed by atoms with Gasteiger partial charge in [-0.05, 0) is 35.1 Å². The number of carbonyl (C=O) groups is 3. The van der Waals surface area contributed by atoms with Crippen LogP contribution in [0.15, 0.2) is 23.0 Å². The van der Waals surface area contributed by atoms with Gasteiger partial charge in [0.25, 0.3) is 11.5 Å². The van der Waals surface area contributed by atoms with E-state index in [9.17, 15) is 19.2 Å². The molecule has 1 amide bonds. The fourth-order valence-corrected chi connectivity index (χ4v) is 6.25. The normalized spacial score (nSPS) is 22.0. The molecule has 2 atom stereocenters. The quantitative estimate of drug-likeness (QED) is 0.437. The molecule has 2 aromatic heterocycles. The van der Waals surface area contributed by atoms with E-state index < -0.39 is 29.6 Å². The van der Waals surface area contributed by atoms with E-state index in [0.717, 1.165) is 28.0 Å². The molecule has 35 heavy (non-hydrogen) atoms.